The van der Waals surface area contributed by atoms with Gasteiger partial charge in [-0.25, -0.2) is 0 Å². The van der Waals surface area contributed by atoms with Gasteiger partial charge in [0.1, 0.15) is 0 Å². The second-order valence-electron chi connectivity index (χ2n) is 4.56. The third-order valence-corrected chi connectivity index (χ3v) is 5.07. The number of furan rings is 1. The molecule has 2 unspecified atom stereocenters. The van der Waals surface area contributed by atoms with E-state index in [9.17, 15) is 4.79 Å². The summed E-state index contributed by atoms with van der Waals surface area (Å²) in [5, 5.41) is 0.707. The van der Waals surface area contributed by atoms with Crippen LogP contribution in [0.1, 0.15) is 36.7 Å². The Bertz CT molecular complexity index is 421. The SMILES string of the molecule is CCSC1CCC(N(C)C(=O)c2ccc(Br)o2)C1. The third-order valence-electron chi connectivity index (χ3n) is 3.41. The first kappa shape index (κ1) is 14.0. The van der Waals surface area contributed by atoms with Gasteiger partial charge in [0.05, 0.1) is 0 Å². The first-order valence-corrected chi connectivity index (χ1v) is 8.10. The average molecular weight is 332 g/mol. The fourth-order valence-electron chi connectivity index (χ4n) is 2.43. The van der Waals surface area contributed by atoms with Crippen molar-refractivity contribution in [1.82, 2.24) is 4.90 Å². The zero-order chi connectivity index (χ0) is 13.1. The molecule has 0 radical (unpaired) electrons. The van der Waals surface area contributed by atoms with Crippen LogP contribution >= 0.6 is 27.7 Å². The normalized spacial score (nSPS) is 23.3. The van der Waals surface area contributed by atoms with Gasteiger partial charge in [-0.2, -0.15) is 11.8 Å². The van der Waals surface area contributed by atoms with E-state index in [2.05, 4.69) is 22.9 Å². The molecular formula is C13H18BrNO2S. The van der Waals surface area contributed by atoms with Gasteiger partial charge in [-0.3, -0.25) is 4.79 Å². The second-order valence-corrected chi connectivity index (χ2v) is 6.92. The molecule has 1 aromatic heterocycles. The number of rotatable bonds is 4. The number of hydrogen-bond donors (Lipinski definition) is 0. The van der Waals surface area contributed by atoms with Crippen LogP contribution in [0, 0.1) is 0 Å². The van der Waals surface area contributed by atoms with Crippen LogP contribution in [0.3, 0.4) is 0 Å². The van der Waals surface area contributed by atoms with Gasteiger partial charge in [-0.05, 0) is 53.1 Å². The molecule has 2 atom stereocenters. The van der Waals surface area contributed by atoms with E-state index in [4.69, 9.17) is 4.42 Å². The molecule has 0 N–H and O–H groups in total. The summed E-state index contributed by atoms with van der Waals surface area (Å²) in [6.07, 6.45) is 3.41. The van der Waals surface area contributed by atoms with Gasteiger partial charge in [0.15, 0.2) is 10.4 Å². The molecule has 0 aromatic carbocycles. The van der Waals surface area contributed by atoms with Gasteiger partial charge in [-0.1, -0.05) is 6.92 Å². The summed E-state index contributed by atoms with van der Waals surface area (Å²) in [5.41, 5.74) is 0. The van der Waals surface area contributed by atoms with Crippen molar-refractivity contribution in [1.29, 1.82) is 0 Å². The van der Waals surface area contributed by atoms with Crippen molar-refractivity contribution in [3.8, 4) is 0 Å². The standard InChI is InChI=1S/C13H18BrNO2S/c1-3-18-10-5-4-9(8-10)15(2)13(16)11-6-7-12(14)17-11/h6-7,9-10H,3-5,8H2,1-2H3. The highest BCUT2D eigenvalue weighted by atomic mass is 79.9. The summed E-state index contributed by atoms with van der Waals surface area (Å²) in [6.45, 7) is 2.19. The highest BCUT2D eigenvalue weighted by molar-refractivity contribution is 9.10. The van der Waals surface area contributed by atoms with Crippen molar-refractivity contribution < 1.29 is 9.21 Å². The van der Waals surface area contributed by atoms with Crippen LogP contribution < -0.4 is 0 Å². The maximum absolute atomic E-state index is 12.2. The molecule has 1 aliphatic carbocycles. The van der Waals surface area contributed by atoms with Crippen LogP contribution in [0.5, 0.6) is 0 Å². The topological polar surface area (TPSA) is 33.5 Å². The van der Waals surface area contributed by atoms with Gasteiger partial charge in [0, 0.05) is 18.3 Å². The number of halogens is 1. The highest BCUT2D eigenvalue weighted by Gasteiger charge is 2.31. The van der Waals surface area contributed by atoms with Crippen molar-refractivity contribution in [2.24, 2.45) is 0 Å². The van der Waals surface area contributed by atoms with Crippen LogP contribution in [0.25, 0.3) is 0 Å². The largest absolute Gasteiger partial charge is 0.444 e. The zero-order valence-corrected chi connectivity index (χ0v) is 13.1. The molecule has 100 valence electrons. The lowest BCUT2D eigenvalue weighted by Crippen LogP contribution is -2.35. The number of carbonyl (C=O) groups is 1. The highest BCUT2D eigenvalue weighted by Crippen LogP contribution is 2.32. The zero-order valence-electron chi connectivity index (χ0n) is 10.7. The van der Waals surface area contributed by atoms with Gasteiger partial charge >= 0.3 is 0 Å². The monoisotopic (exact) mass is 331 g/mol. The fourth-order valence-corrected chi connectivity index (χ4v) is 3.86. The molecule has 0 spiro atoms. The van der Waals surface area contributed by atoms with Crippen LogP contribution in [0.15, 0.2) is 21.2 Å². The average Bonchev–Trinajstić information content (AvgIpc) is 2.97. The molecule has 1 saturated carbocycles. The Morgan fingerprint density at radius 2 is 2.33 bits per heavy atom. The molecule has 1 fully saturated rings. The lowest BCUT2D eigenvalue weighted by atomic mass is 10.2. The van der Waals surface area contributed by atoms with E-state index in [0.717, 1.165) is 18.6 Å². The molecular weight excluding hydrogens is 314 g/mol. The summed E-state index contributed by atoms with van der Waals surface area (Å²) < 4.78 is 5.92. The Balaban J connectivity index is 1.95. The van der Waals surface area contributed by atoms with E-state index in [1.807, 2.05) is 23.7 Å². The number of hydrogen-bond acceptors (Lipinski definition) is 3. The summed E-state index contributed by atoms with van der Waals surface area (Å²) >= 11 is 5.23. The van der Waals surface area contributed by atoms with E-state index in [1.54, 1.807) is 12.1 Å². The van der Waals surface area contributed by atoms with E-state index in [0.29, 0.717) is 21.7 Å². The summed E-state index contributed by atoms with van der Waals surface area (Å²) in [5.74, 6) is 1.55. The molecule has 1 amide bonds. The van der Waals surface area contributed by atoms with Gasteiger partial charge in [0.2, 0.25) is 0 Å². The Morgan fingerprint density at radius 1 is 1.56 bits per heavy atom. The Morgan fingerprint density at radius 3 is 2.94 bits per heavy atom. The number of nitrogens with zero attached hydrogens (tertiary/aromatic N) is 1. The molecule has 5 heteroatoms. The van der Waals surface area contributed by atoms with Crippen molar-refractivity contribution in [3.05, 3.63) is 22.6 Å². The van der Waals surface area contributed by atoms with Gasteiger partial charge in [-0.15, -0.1) is 0 Å². The number of thioether (sulfide) groups is 1. The van der Waals surface area contributed by atoms with Crippen molar-refractivity contribution in [3.63, 3.8) is 0 Å². The molecule has 3 nitrogen and oxygen atoms in total. The van der Waals surface area contributed by atoms with Crippen LogP contribution in [-0.4, -0.2) is 34.9 Å². The lowest BCUT2D eigenvalue weighted by Gasteiger charge is -2.23. The Kier molecular flexibility index (Phi) is 4.78. The van der Waals surface area contributed by atoms with Gasteiger partial charge in [0.25, 0.3) is 5.91 Å². The van der Waals surface area contributed by atoms with Crippen molar-refractivity contribution in [2.45, 2.75) is 37.5 Å². The molecule has 2 rings (SSSR count). The minimum Gasteiger partial charge on any atom is -0.444 e. The predicted octanol–water partition coefficient (Wildman–Crippen LogP) is 3.79. The lowest BCUT2D eigenvalue weighted by molar-refractivity contribution is 0.0702. The number of carbonyl (C=O) groups excluding carboxylic acids is 1. The molecule has 18 heavy (non-hydrogen) atoms. The van der Waals surface area contributed by atoms with E-state index >= 15 is 0 Å². The smallest absolute Gasteiger partial charge is 0.289 e. The predicted molar refractivity (Wildman–Crippen MR) is 78.1 cm³/mol. The quantitative estimate of drug-likeness (QED) is 0.841. The minimum atomic E-state index is -0.0205. The van der Waals surface area contributed by atoms with E-state index in [-0.39, 0.29) is 5.91 Å². The minimum absolute atomic E-state index is 0.0205. The second kappa shape index (κ2) is 6.15. The fraction of sp³-hybridized carbons (Fsp3) is 0.615. The number of amides is 1. The van der Waals surface area contributed by atoms with Crippen LogP contribution in [-0.2, 0) is 0 Å². The maximum atomic E-state index is 12.2. The molecule has 1 aromatic rings. The summed E-state index contributed by atoms with van der Waals surface area (Å²) in [4.78, 5) is 14.0. The molecule has 0 bridgehead atoms. The Labute approximate surface area is 120 Å². The van der Waals surface area contributed by atoms with E-state index < -0.39 is 0 Å². The molecule has 0 aliphatic heterocycles. The maximum Gasteiger partial charge on any atom is 0.289 e. The first-order valence-electron chi connectivity index (χ1n) is 6.26. The molecule has 1 aliphatic rings. The molecule has 0 saturated heterocycles. The van der Waals surface area contributed by atoms with E-state index in [1.165, 1.54) is 6.42 Å². The Hall–Kier alpha value is -0.420. The molecule has 1 heterocycles. The van der Waals surface area contributed by atoms with Gasteiger partial charge < -0.3 is 9.32 Å². The van der Waals surface area contributed by atoms with Crippen molar-refractivity contribution in [2.75, 3.05) is 12.8 Å². The van der Waals surface area contributed by atoms with Crippen molar-refractivity contribution >= 4 is 33.6 Å². The van der Waals surface area contributed by atoms with Crippen LogP contribution in [0.2, 0.25) is 0 Å². The summed E-state index contributed by atoms with van der Waals surface area (Å²) in [7, 11) is 1.88. The summed E-state index contributed by atoms with van der Waals surface area (Å²) in [6, 6.07) is 3.83. The first-order chi connectivity index (χ1) is 8.61. The van der Waals surface area contributed by atoms with Crippen LogP contribution in [0.4, 0.5) is 0 Å². The third kappa shape index (κ3) is 3.12.